The van der Waals surface area contributed by atoms with Gasteiger partial charge in [-0.25, -0.2) is 0 Å². The fourth-order valence-corrected chi connectivity index (χ4v) is 5.29. The van der Waals surface area contributed by atoms with Gasteiger partial charge in [-0.1, -0.05) is 104 Å². The van der Waals surface area contributed by atoms with Gasteiger partial charge in [0.05, 0.1) is 0 Å². The fourth-order valence-electron chi connectivity index (χ4n) is 5.16. The third-order valence-corrected chi connectivity index (χ3v) is 7.39. The number of carbonyl (C=O) groups excluding carboxylic acids is 2. The molecule has 0 unspecified atom stereocenters. The molecule has 4 rings (SSSR count). The zero-order chi connectivity index (χ0) is 25.3. The zero-order valence-electron chi connectivity index (χ0n) is 20.9. The lowest BCUT2D eigenvalue weighted by atomic mass is 9.88. The first kappa shape index (κ1) is 26.0. The van der Waals surface area contributed by atoms with E-state index in [1.165, 1.54) is 0 Å². The summed E-state index contributed by atoms with van der Waals surface area (Å²) >= 11 is 6.11. The van der Waals surface area contributed by atoms with Crippen LogP contribution in [0.25, 0.3) is 0 Å². The molecule has 0 spiro atoms. The van der Waals surface area contributed by atoms with Crippen molar-refractivity contribution in [1.29, 1.82) is 0 Å². The van der Waals surface area contributed by atoms with E-state index in [9.17, 15) is 9.59 Å². The second-order valence-electron chi connectivity index (χ2n) is 9.64. The summed E-state index contributed by atoms with van der Waals surface area (Å²) < 4.78 is 0. The van der Waals surface area contributed by atoms with Crippen molar-refractivity contribution in [3.63, 3.8) is 0 Å². The molecule has 3 aromatic rings. The van der Waals surface area contributed by atoms with Crippen molar-refractivity contribution >= 4 is 23.4 Å². The van der Waals surface area contributed by atoms with Crippen LogP contribution in [0.2, 0.25) is 5.02 Å². The maximum Gasteiger partial charge on any atom is 0.243 e. The summed E-state index contributed by atoms with van der Waals surface area (Å²) in [5, 5.41) is 3.87. The van der Waals surface area contributed by atoms with Crippen molar-refractivity contribution in [3.05, 3.63) is 107 Å². The van der Waals surface area contributed by atoms with Gasteiger partial charge in [-0.05, 0) is 48.1 Å². The summed E-state index contributed by atoms with van der Waals surface area (Å²) in [5.74, 6) is -0.179. The standard InChI is InChI=1S/C31H35ClN2O2/c1-2-29(31(36)33-27-15-9-10-16-27)34(22-23-17-19-26(32)20-18-23)30(35)21-28(24-11-5-3-6-12-24)25-13-7-4-8-14-25/h3-8,11-14,17-20,27-29H,2,9-10,15-16,21-22H2,1H3,(H,33,36)/t29-/m0/s1. The molecule has 1 aliphatic carbocycles. The molecule has 0 aliphatic heterocycles. The van der Waals surface area contributed by atoms with Gasteiger partial charge in [-0.15, -0.1) is 0 Å². The van der Waals surface area contributed by atoms with Gasteiger partial charge in [0, 0.05) is 29.9 Å². The van der Waals surface area contributed by atoms with E-state index in [4.69, 9.17) is 11.6 Å². The molecule has 4 nitrogen and oxygen atoms in total. The van der Waals surface area contributed by atoms with E-state index in [2.05, 4.69) is 29.6 Å². The number of amides is 2. The van der Waals surface area contributed by atoms with E-state index in [1.807, 2.05) is 67.6 Å². The molecule has 1 N–H and O–H groups in total. The second-order valence-corrected chi connectivity index (χ2v) is 10.1. The topological polar surface area (TPSA) is 49.4 Å². The monoisotopic (exact) mass is 502 g/mol. The van der Waals surface area contributed by atoms with Gasteiger partial charge >= 0.3 is 0 Å². The molecule has 0 heterocycles. The van der Waals surface area contributed by atoms with Crippen LogP contribution in [0, 0.1) is 0 Å². The highest BCUT2D eigenvalue weighted by atomic mass is 35.5. The van der Waals surface area contributed by atoms with Crippen molar-refractivity contribution in [2.24, 2.45) is 0 Å². The van der Waals surface area contributed by atoms with Crippen LogP contribution in [0.3, 0.4) is 0 Å². The lowest BCUT2D eigenvalue weighted by Crippen LogP contribution is -2.51. The Kier molecular flexibility index (Phi) is 9.18. The third kappa shape index (κ3) is 6.76. The first-order chi connectivity index (χ1) is 17.5. The zero-order valence-corrected chi connectivity index (χ0v) is 21.7. The normalized spacial score (nSPS) is 14.5. The molecule has 36 heavy (non-hydrogen) atoms. The number of benzene rings is 3. The van der Waals surface area contributed by atoms with Crippen molar-refractivity contribution < 1.29 is 9.59 Å². The molecule has 0 radical (unpaired) electrons. The van der Waals surface area contributed by atoms with Crippen molar-refractivity contribution in [2.45, 2.75) is 70.0 Å². The van der Waals surface area contributed by atoms with Crippen molar-refractivity contribution in [1.82, 2.24) is 10.2 Å². The Labute approximate surface area is 219 Å². The molecule has 3 aromatic carbocycles. The average molecular weight is 503 g/mol. The van der Waals surface area contributed by atoms with Gasteiger partial charge in [0.25, 0.3) is 0 Å². The molecule has 5 heteroatoms. The molecule has 2 amide bonds. The molecule has 188 valence electrons. The number of hydrogen-bond donors (Lipinski definition) is 1. The van der Waals surface area contributed by atoms with Crippen LogP contribution in [0.5, 0.6) is 0 Å². The molecule has 1 aliphatic rings. The average Bonchev–Trinajstić information content (AvgIpc) is 3.42. The van der Waals surface area contributed by atoms with Crippen LogP contribution in [-0.4, -0.2) is 28.8 Å². The van der Waals surface area contributed by atoms with Gasteiger partial charge in [-0.2, -0.15) is 0 Å². The predicted octanol–water partition coefficient (Wildman–Crippen LogP) is 6.73. The van der Waals surface area contributed by atoms with E-state index >= 15 is 0 Å². The number of nitrogens with zero attached hydrogens (tertiary/aromatic N) is 1. The van der Waals surface area contributed by atoms with E-state index < -0.39 is 6.04 Å². The van der Waals surface area contributed by atoms with Gasteiger partial charge in [-0.3, -0.25) is 9.59 Å². The first-order valence-corrected chi connectivity index (χ1v) is 13.4. The Morgan fingerprint density at radius 1 is 0.889 bits per heavy atom. The minimum atomic E-state index is -0.527. The van der Waals surface area contributed by atoms with Crippen LogP contribution in [-0.2, 0) is 16.1 Å². The minimum Gasteiger partial charge on any atom is -0.352 e. The molecular formula is C31H35ClN2O2. The second kappa shape index (κ2) is 12.7. The maximum absolute atomic E-state index is 14.0. The van der Waals surface area contributed by atoms with E-state index in [1.54, 1.807) is 4.90 Å². The first-order valence-electron chi connectivity index (χ1n) is 13.0. The molecule has 0 aromatic heterocycles. The van der Waals surface area contributed by atoms with Gasteiger partial charge in [0.2, 0.25) is 11.8 Å². The van der Waals surface area contributed by atoms with Gasteiger partial charge < -0.3 is 10.2 Å². The Balaban J connectivity index is 1.62. The van der Waals surface area contributed by atoms with Crippen molar-refractivity contribution in [3.8, 4) is 0 Å². The lowest BCUT2D eigenvalue weighted by molar-refractivity contribution is -0.141. The van der Waals surface area contributed by atoms with E-state index in [0.29, 0.717) is 18.0 Å². The quantitative estimate of drug-likeness (QED) is 0.334. The van der Waals surface area contributed by atoms with Crippen LogP contribution < -0.4 is 5.32 Å². The maximum atomic E-state index is 14.0. The summed E-state index contributed by atoms with van der Waals surface area (Å²) in [5.41, 5.74) is 3.13. The van der Waals surface area contributed by atoms with Crippen LogP contribution in [0.1, 0.15) is 68.1 Å². The predicted molar refractivity (Wildman–Crippen MR) is 146 cm³/mol. The Hall–Kier alpha value is -3.11. The summed E-state index contributed by atoms with van der Waals surface area (Å²) in [6.07, 6.45) is 5.15. The number of rotatable bonds is 10. The largest absolute Gasteiger partial charge is 0.352 e. The summed E-state index contributed by atoms with van der Waals surface area (Å²) in [4.78, 5) is 29.2. The third-order valence-electron chi connectivity index (χ3n) is 7.14. The van der Waals surface area contributed by atoms with Gasteiger partial charge in [0.1, 0.15) is 6.04 Å². The van der Waals surface area contributed by atoms with Crippen LogP contribution >= 0.6 is 11.6 Å². The number of hydrogen-bond acceptors (Lipinski definition) is 2. The molecule has 1 atom stereocenters. The number of halogens is 1. The highest BCUT2D eigenvalue weighted by molar-refractivity contribution is 6.30. The van der Waals surface area contributed by atoms with Crippen molar-refractivity contribution in [2.75, 3.05) is 0 Å². The molecular weight excluding hydrogens is 468 g/mol. The highest BCUT2D eigenvalue weighted by Crippen LogP contribution is 2.30. The minimum absolute atomic E-state index is 0.0314. The number of nitrogens with one attached hydrogen (secondary N) is 1. The lowest BCUT2D eigenvalue weighted by Gasteiger charge is -2.33. The fraction of sp³-hybridized carbons (Fsp3) is 0.355. The molecule has 1 fully saturated rings. The molecule has 0 saturated heterocycles. The summed E-state index contributed by atoms with van der Waals surface area (Å²) in [6, 6.07) is 27.5. The van der Waals surface area contributed by atoms with Crippen LogP contribution in [0.4, 0.5) is 0 Å². The Bertz CT molecular complexity index is 1070. The molecule has 0 bridgehead atoms. The van der Waals surface area contributed by atoms with Crippen LogP contribution in [0.15, 0.2) is 84.9 Å². The molecule has 1 saturated carbocycles. The highest BCUT2D eigenvalue weighted by Gasteiger charge is 2.32. The van der Waals surface area contributed by atoms with E-state index in [-0.39, 0.29) is 30.2 Å². The number of carbonyl (C=O) groups is 2. The summed E-state index contributed by atoms with van der Waals surface area (Å²) in [6.45, 7) is 2.34. The SMILES string of the molecule is CC[C@@H](C(=O)NC1CCCC1)N(Cc1ccc(Cl)cc1)C(=O)CC(c1ccccc1)c1ccccc1. The Morgan fingerprint density at radius 2 is 1.44 bits per heavy atom. The Morgan fingerprint density at radius 3 is 1.97 bits per heavy atom. The van der Waals surface area contributed by atoms with E-state index in [0.717, 1.165) is 42.4 Å². The smallest absolute Gasteiger partial charge is 0.243 e. The summed E-state index contributed by atoms with van der Waals surface area (Å²) in [7, 11) is 0. The van der Waals surface area contributed by atoms with Gasteiger partial charge in [0.15, 0.2) is 0 Å².